The van der Waals surface area contributed by atoms with E-state index in [0.717, 1.165) is 19.0 Å². The molecule has 1 unspecified atom stereocenters. The Kier molecular flexibility index (Phi) is 3.66. The summed E-state index contributed by atoms with van der Waals surface area (Å²) in [6.07, 6.45) is 2.37. The highest BCUT2D eigenvalue weighted by Gasteiger charge is 2.22. The minimum Gasteiger partial charge on any atom is -0.294 e. The monoisotopic (exact) mass is 186 g/mol. The fourth-order valence-corrected chi connectivity index (χ4v) is 1.80. The van der Waals surface area contributed by atoms with Crippen LogP contribution in [-0.2, 0) is 0 Å². The third-order valence-electron chi connectivity index (χ3n) is 2.85. The molecule has 0 aromatic rings. The zero-order valence-corrected chi connectivity index (χ0v) is 8.40. The molecule has 0 aromatic heterocycles. The van der Waals surface area contributed by atoms with Gasteiger partial charge in [0, 0.05) is 4.92 Å². The second kappa shape index (κ2) is 4.56. The average Bonchev–Trinajstić information content (AvgIpc) is 2.04. The van der Waals surface area contributed by atoms with Crippen molar-refractivity contribution < 1.29 is 4.92 Å². The molecule has 0 radical (unpaired) electrons. The normalized spacial score (nSPS) is 22.9. The molecule has 4 heteroatoms. The maximum atomic E-state index is 10.3. The van der Waals surface area contributed by atoms with E-state index in [1.54, 1.807) is 0 Å². The Morgan fingerprint density at radius 3 is 2.54 bits per heavy atom. The Hall–Kier alpha value is -0.640. The molecule has 13 heavy (non-hydrogen) atoms. The summed E-state index contributed by atoms with van der Waals surface area (Å²) in [6, 6.07) is 0.0995. The molecule has 1 heterocycles. The molecule has 0 amide bonds. The molecule has 76 valence electrons. The highest BCUT2D eigenvalue weighted by molar-refractivity contribution is 4.73. The maximum Gasteiger partial charge on any atom is 0.218 e. The van der Waals surface area contributed by atoms with Gasteiger partial charge in [0.1, 0.15) is 0 Å². The van der Waals surface area contributed by atoms with Crippen molar-refractivity contribution in [3.05, 3.63) is 10.1 Å². The number of hydrogen-bond acceptors (Lipinski definition) is 3. The second-order valence-corrected chi connectivity index (χ2v) is 4.08. The molecular weight excluding hydrogens is 168 g/mol. The van der Waals surface area contributed by atoms with Gasteiger partial charge in [0.15, 0.2) is 0 Å². The lowest BCUT2D eigenvalue weighted by Gasteiger charge is -2.33. The van der Waals surface area contributed by atoms with Crippen LogP contribution in [0.3, 0.4) is 0 Å². The van der Waals surface area contributed by atoms with Gasteiger partial charge in [-0.3, -0.25) is 15.0 Å². The van der Waals surface area contributed by atoms with Crippen LogP contribution in [0, 0.1) is 16.0 Å². The topological polar surface area (TPSA) is 46.4 Å². The highest BCUT2D eigenvalue weighted by atomic mass is 16.6. The Morgan fingerprint density at radius 2 is 2.08 bits per heavy atom. The molecule has 0 N–H and O–H groups in total. The van der Waals surface area contributed by atoms with Crippen LogP contribution in [0.4, 0.5) is 0 Å². The van der Waals surface area contributed by atoms with Crippen molar-refractivity contribution in [3.8, 4) is 0 Å². The maximum absolute atomic E-state index is 10.3. The average molecular weight is 186 g/mol. The summed E-state index contributed by atoms with van der Waals surface area (Å²) in [5.74, 6) is 0.791. The highest BCUT2D eigenvalue weighted by Crippen LogP contribution is 2.17. The van der Waals surface area contributed by atoms with Crippen LogP contribution in [0.2, 0.25) is 0 Å². The molecule has 1 saturated heterocycles. The molecule has 0 spiro atoms. The first-order chi connectivity index (χ1) is 6.09. The van der Waals surface area contributed by atoms with Gasteiger partial charge in [0.05, 0.1) is 6.04 Å². The molecule has 1 atom stereocenters. The molecule has 0 aliphatic carbocycles. The first kappa shape index (κ1) is 10.4. The van der Waals surface area contributed by atoms with E-state index in [0.29, 0.717) is 0 Å². The van der Waals surface area contributed by atoms with Crippen molar-refractivity contribution in [2.24, 2.45) is 5.92 Å². The van der Waals surface area contributed by atoms with E-state index < -0.39 is 0 Å². The van der Waals surface area contributed by atoms with Gasteiger partial charge in [-0.15, -0.1) is 0 Å². The minimum absolute atomic E-state index is 0.0778. The van der Waals surface area contributed by atoms with Crippen LogP contribution < -0.4 is 0 Å². The Bertz CT molecular complexity index is 176. The van der Waals surface area contributed by atoms with Crippen molar-refractivity contribution in [1.29, 1.82) is 0 Å². The van der Waals surface area contributed by atoms with Crippen LogP contribution in [-0.4, -0.2) is 35.5 Å². The summed E-state index contributed by atoms with van der Waals surface area (Å²) < 4.78 is 0. The number of likely N-dealkylation sites (tertiary alicyclic amines) is 1. The van der Waals surface area contributed by atoms with E-state index in [2.05, 4.69) is 11.8 Å². The predicted octanol–water partition coefficient (Wildman–Crippen LogP) is 1.38. The third kappa shape index (κ3) is 3.30. The van der Waals surface area contributed by atoms with Crippen molar-refractivity contribution in [2.75, 3.05) is 19.6 Å². The van der Waals surface area contributed by atoms with E-state index in [1.165, 1.54) is 12.8 Å². The van der Waals surface area contributed by atoms with Gasteiger partial charge in [0.2, 0.25) is 6.54 Å². The standard InChI is InChI=1S/C9H18N2O2/c1-8-3-5-10(6-4-8)9(2)7-11(12)13/h8-9H,3-7H2,1-2H3. The van der Waals surface area contributed by atoms with E-state index in [9.17, 15) is 10.1 Å². The van der Waals surface area contributed by atoms with Gasteiger partial charge < -0.3 is 0 Å². The number of piperidine rings is 1. The van der Waals surface area contributed by atoms with Crippen molar-refractivity contribution in [2.45, 2.75) is 32.7 Å². The van der Waals surface area contributed by atoms with Crippen molar-refractivity contribution in [1.82, 2.24) is 4.90 Å². The van der Waals surface area contributed by atoms with Gasteiger partial charge in [-0.25, -0.2) is 0 Å². The van der Waals surface area contributed by atoms with Gasteiger partial charge in [-0.1, -0.05) is 6.92 Å². The van der Waals surface area contributed by atoms with Gasteiger partial charge in [-0.05, 0) is 38.8 Å². The number of rotatable bonds is 3. The van der Waals surface area contributed by atoms with Crippen molar-refractivity contribution >= 4 is 0 Å². The Morgan fingerprint density at radius 1 is 1.54 bits per heavy atom. The molecule has 4 nitrogen and oxygen atoms in total. The largest absolute Gasteiger partial charge is 0.294 e. The minimum atomic E-state index is -0.220. The quantitative estimate of drug-likeness (QED) is 0.494. The summed E-state index contributed by atoms with van der Waals surface area (Å²) >= 11 is 0. The van der Waals surface area contributed by atoms with Crippen LogP contribution in [0.1, 0.15) is 26.7 Å². The first-order valence-electron chi connectivity index (χ1n) is 4.95. The molecule has 0 bridgehead atoms. The lowest BCUT2D eigenvalue weighted by atomic mass is 9.98. The number of hydrogen-bond donors (Lipinski definition) is 0. The van der Waals surface area contributed by atoms with Crippen LogP contribution in [0.15, 0.2) is 0 Å². The molecular formula is C9H18N2O2. The summed E-state index contributed by atoms with van der Waals surface area (Å²) in [7, 11) is 0. The van der Waals surface area contributed by atoms with Gasteiger partial charge in [-0.2, -0.15) is 0 Å². The van der Waals surface area contributed by atoms with Crippen LogP contribution in [0.25, 0.3) is 0 Å². The van der Waals surface area contributed by atoms with Gasteiger partial charge in [0.25, 0.3) is 0 Å². The third-order valence-corrected chi connectivity index (χ3v) is 2.85. The van der Waals surface area contributed by atoms with E-state index in [4.69, 9.17) is 0 Å². The molecule has 1 fully saturated rings. The van der Waals surface area contributed by atoms with Crippen molar-refractivity contribution in [3.63, 3.8) is 0 Å². The first-order valence-corrected chi connectivity index (χ1v) is 4.95. The van der Waals surface area contributed by atoms with E-state index >= 15 is 0 Å². The van der Waals surface area contributed by atoms with Crippen LogP contribution >= 0.6 is 0 Å². The molecule has 1 rings (SSSR count). The molecule has 0 aromatic carbocycles. The fourth-order valence-electron chi connectivity index (χ4n) is 1.80. The Labute approximate surface area is 79.1 Å². The zero-order valence-electron chi connectivity index (χ0n) is 8.40. The Balaban J connectivity index is 2.31. The number of nitro groups is 1. The SMILES string of the molecule is CC1CCN(C(C)C[N+](=O)[O-])CC1. The molecule has 1 aliphatic rings. The zero-order chi connectivity index (χ0) is 9.84. The second-order valence-electron chi connectivity index (χ2n) is 4.08. The summed E-state index contributed by atoms with van der Waals surface area (Å²) in [6.45, 7) is 6.31. The lowest BCUT2D eigenvalue weighted by Crippen LogP contribution is -2.42. The number of nitrogens with zero attached hydrogens (tertiary/aromatic N) is 2. The molecule has 0 saturated carbocycles. The lowest BCUT2D eigenvalue weighted by molar-refractivity contribution is -0.486. The molecule has 1 aliphatic heterocycles. The summed E-state index contributed by atoms with van der Waals surface area (Å²) in [5, 5.41) is 10.3. The van der Waals surface area contributed by atoms with E-state index in [-0.39, 0.29) is 17.5 Å². The van der Waals surface area contributed by atoms with Gasteiger partial charge >= 0.3 is 0 Å². The van der Waals surface area contributed by atoms with E-state index in [1.807, 2.05) is 6.92 Å². The smallest absolute Gasteiger partial charge is 0.218 e. The predicted molar refractivity (Wildman–Crippen MR) is 51.3 cm³/mol. The summed E-state index contributed by atoms with van der Waals surface area (Å²) in [4.78, 5) is 12.3. The fraction of sp³-hybridized carbons (Fsp3) is 1.00. The summed E-state index contributed by atoms with van der Waals surface area (Å²) in [5.41, 5.74) is 0. The van der Waals surface area contributed by atoms with Crippen LogP contribution in [0.5, 0.6) is 0 Å².